The summed E-state index contributed by atoms with van der Waals surface area (Å²) < 4.78 is 4.77. The van der Waals surface area contributed by atoms with Crippen molar-refractivity contribution < 1.29 is 9.22 Å². The average Bonchev–Trinajstić information content (AvgIpc) is 2.50. The Morgan fingerprint density at radius 1 is 0.682 bits per heavy atom. The summed E-state index contributed by atoms with van der Waals surface area (Å²) in [6, 6.07) is 0. The van der Waals surface area contributed by atoms with E-state index < -0.39 is 0 Å². The molecule has 0 unspecified atom stereocenters. The molecular weight excluding hydrogens is 301 g/mol. The van der Waals surface area contributed by atoms with Gasteiger partial charge in [-0.3, -0.25) is 4.79 Å². The Balaban J connectivity index is 0. The van der Waals surface area contributed by atoms with Gasteiger partial charge in [-0.25, -0.2) is 0 Å². The molecule has 0 radical (unpaired) electrons. The van der Waals surface area contributed by atoms with E-state index >= 15 is 0 Å². The highest BCUT2D eigenvalue weighted by Gasteiger charge is 1.98. The van der Waals surface area contributed by atoms with Crippen LogP contribution in [0.15, 0.2) is 0 Å². The largest absolute Gasteiger partial charge is 0.529 e. The van der Waals surface area contributed by atoms with Gasteiger partial charge >= 0.3 is 23.1 Å². The molecule has 4 heteroatoms. The van der Waals surface area contributed by atoms with Crippen molar-refractivity contribution in [3.05, 3.63) is 0 Å². The van der Waals surface area contributed by atoms with Crippen LogP contribution >= 0.6 is 0 Å². The molecule has 0 bridgehead atoms. The quantitative estimate of drug-likeness (QED) is 0.311. The summed E-state index contributed by atoms with van der Waals surface area (Å²) in [5.41, 5.74) is 0. The molecule has 0 aliphatic rings. The second kappa shape index (κ2) is 21.5. The van der Waals surface area contributed by atoms with Crippen molar-refractivity contribution in [2.24, 2.45) is 0 Å². The number of carbonyl (C=O) groups is 1. The lowest BCUT2D eigenvalue weighted by molar-refractivity contribution is -0.134. The molecule has 0 aromatic heterocycles. The Bertz CT molecular complexity index is 225. The fraction of sp³-hybridized carbons (Fsp3) is 0.944. The van der Waals surface area contributed by atoms with Gasteiger partial charge in [-0.1, -0.05) is 96.8 Å². The molecule has 0 aromatic carbocycles. The van der Waals surface area contributed by atoms with Crippen LogP contribution in [0.3, 0.4) is 0 Å². The first-order chi connectivity index (χ1) is 10.3. The van der Waals surface area contributed by atoms with Crippen LogP contribution in [0, 0.1) is 0 Å². The van der Waals surface area contributed by atoms with E-state index in [-0.39, 0.29) is 29.0 Å². The number of hydrogen-bond donors (Lipinski definition) is 0. The van der Waals surface area contributed by atoms with E-state index in [0.717, 1.165) is 6.42 Å². The van der Waals surface area contributed by atoms with Crippen molar-refractivity contribution in [1.29, 1.82) is 0 Å². The van der Waals surface area contributed by atoms with Crippen molar-refractivity contribution in [3.8, 4) is 0 Å². The van der Waals surface area contributed by atoms with E-state index in [1.807, 2.05) is 0 Å². The van der Waals surface area contributed by atoms with Crippen LogP contribution in [0.25, 0.3) is 0 Å². The van der Waals surface area contributed by atoms with E-state index in [4.69, 9.17) is 4.43 Å². The predicted octanol–water partition coefficient (Wildman–Crippen LogP) is 4.16. The molecule has 0 rings (SSSR count). The number of rotatable bonds is 16. The van der Waals surface area contributed by atoms with E-state index in [2.05, 4.69) is 6.92 Å². The average molecular weight is 341 g/mol. The normalized spacial score (nSPS) is 10.4. The third kappa shape index (κ3) is 20.5. The van der Waals surface area contributed by atoms with Crippen LogP contribution in [0.1, 0.15) is 110 Å². The van der Waals surface area contributed by atoms with Crippen LogP contribution in [-0.4, -0.2) is 39.5 Å². The van der Waals surface area contributed by atoms with E-state index in [0.29, 0.717) is 16.9 Å². The van der Waals surface area contributed by atoms with Crippen LogP contribution in [-0.2, 0) is 9.22 Å². The molecule has 130 valence electrons. The Hall–Kier alpha value is 0.453. The van der Waals surface area contributed by atoms with Gasteiger partial charge in [0.2, 0.25) is 10.5 Å². The zero-order valence-corrected chi connectivity index (χ0v) is 16.6. The van der Waals surface area contributed by atoms with E-state index in [1.54, 1.807) is 0 Å². The maximum Gasteiger partial charge on any atom is 0.316 e. The van der Waals surface area contributed by atoms with Crippen molar-refractivity contribution in [1.82, 2.24) is 0 Å². The zero-order valence-electron chi connectivity index (χ0n) is 14.6. The Morgan fingerprint density at radius 2 is 1.00 bits per heavy atom. The highest BCUT2D eigenvalue weighted by molar-refractivity contribution is 6.05. The topological polar surface area (TPSA) is 26.3 Å². The van der Waals surface area contributed by atoms with E-state index in [1.165, 1.54) is 89.9 Å². The number of carbonyl (C=O) groups excluding carboxylic acids is 1. The van der Waals surface area contributed by atoms with Crippen molar-refractivity contribution >= 4 is 39.5 Å². The van der Waals surface area contributed by atoms with Gasteiger partial charge in [0.25, 0.3) is 5.97 Å². The summed E-state index contributed by atoms with van der Waals surface area (Å²) in [6.07, 6.45) is 21.1. The van der Waals surface area contributed by atoms with Crippen LogP contribution < -0.4 is 0 Å². The Morgan fingerprint density at radius 3 is 1.32 bits per heavy atom. The number of hydrogen-bond acceptors (Lipinski definition) is 2. The molecule has 0 atom stereocenters. The highest BCUT2D eigenvalue weighted by atomic mass is 28.2. The van der Waals surface area contributed by atoms with Gasteiger partial charge in [0, 0.05) is 6.42 Å². The summed E-state index contributed by atoms with van der Waals surface area (Å²) >= 11 is 0. The monoisotopic (exact) mass is 340 g/mol. The third-order valence-electron chi connectivity index (χ3n) is 4.21. The first kappa shape index (κ1) is 24.7. The minimum absolute atomic E-state index is 0. The maximum atomic E-state index is 11.0. The lowest BCUT2D eigenvalue weighted by Crippen LogP contribution is -2.00. The first-order valence-electron chi connectivity index (χ1n) is 9.38. The van der Waals surface area contributed by atoms with Gasteiger partial charge in [-0.2, -0.15) is 0 Å². The van der Waals surface area contributed by atoms with Crippen LogP contribution in [0.4, 0.5) is 0 Å². The highest BCUT2D eigenvalue weighted by Crippen LogP contribution is 2.13. The Kier molecular flexibility index (Phi) is 24.1. The smallest absolute Gasteiger partial charge is 0.316 e. The summed E-state index contributed by atoms with van der Waals surface area (Å²) in [5, 5.41) is 0. The molecule has 0 amide bonds. The molecule has 2 nitrogen and oxygen atoms in total. The second-order valence-corrected chi connectivity index (χ2v) is 6.68. The van der Waals surface area contributed by atoms with Gasteiger partial charge in [0.1, 0.15) is 0 Å². The van der Waals surface area contributed by atoms with Crippen molar-refractivity contribution in [3.63, 3.8) is 0 Å². The summed E-state index contributed by atoms with van der Waals surface area (Å²) in [6.45, 7) is 2.28. The van der Waals surface area contributed by atoms with Gasteiger partial charge in [-0.05, 0) is 6.42 Å². The predicted molar refractivity (Wildman–Crippen MR) is 104 cm³/mol. The third-order valence-corrected chi connectivity index (χ3v) is 4.67. The fourth-order valence-electron chi connectivity index (χ4n) is 2.74. The summed E-state index contributed by atoms with van der Waals surface area (Å²) in [4.78, 5) is 11.0. The first-order valence-corrected chi connectivity index (χ1v) is 10.2. The standard InChI is InChI=1S/C18H38O2Si.Mg.2H/c1-2-3-4-5-6-7-8-9-10-11-12-13-14-15-16-17-18(19)20-21;;;/h2-17H2,1,21H3;;;. The molecule has 0 fully saturated rings. The molecular formula is C18H40MgO2Si. The van der Waals surface area contributed by atoms with Crippen molar-refractivity contribution in [2.75, 3.05) is 0 Å². The van der Waals surface area contributed by atoms with Gasteiger partial charge < -0.3 is 4.43 Å². The molecule has 0 spiro atoms. The second-order valence-electron chi connectivity index (χ2n) is 6.28. The van der Waals surface area contributed by atoms with Gasteiger partial charge in [0.05, 0.1) is 0 Å². The molecule has 0 N–H and O–H groups in total. The molecule has 0 aromatic rings. The van der Waals surface area contributed by atoms with Crippen LogP contribution in [0.5, 0.6) is 0 Å². The molecule has 0 saturated heterocycles. The lowest BCUT2D eigenvalue weighted by Gasteiger charge is -2.03. The summed E-state index contributed by atoms with van der Waals surface area (Å²) in [7, 11) is 0.544. The minimum atomic E-state index is -0.00337. The van der Waals surface area contributed by atoms with Crippen LogP contribution in [0.2, 0.25) is 0 Å². The molecule has 0 heterocycles. The van der Waals surface area contributed by atoms with Gasteiger partial charge in [0.15, 0.2) is 0 Å². The van der Waals surface area contributed by atoms with Gasteiger partial charge in [-0.15, -0.1) is 0 Å². The van der Waals surface area contributed by atoms with Crippen molar-refractivity contribution in [2.45, 2.75) is 110 Å². The maximum absolute atomic E-state index is 11.0. The molecule has 22 heavy (non-hydrogen) atoms. The summed E-state index contributed by atoms with van der Waals surface area (Å²) in [5.74, 6) is -0.00337. The zero-order chi connectivity index (χ0) is 15.6. The minimum Gasteiger partial charge on any atom is -0.529 e. The SMILES string of the molecule is CCCCCCCCCCCCCCCCCC(=O)O[SiH3].[MgH2]. The molecule has 0 aliphatic carbocycles. The molecule has 0 aliphatic heterocycles. The number of unbranched alkanes of at least 4 members (excludes halogenated alkanes) is 14. The Labute approximate surface area is 158 Å². The molecule has 0 saturated carbocycles. The lowest BCUT2D eigenvalue weighted by atomic mass is 10.0. The van der Waals surface area contributed by atoms with E-state index in [9.17, 15) is 4.79 Å². The fourth-order valence-corrected chi connectivity index (χ4v) is 2.95.